The molecule has 0 aliphatic rings. The van der Waals surface area contributed by atoms with E-state index in [1.165, 1.54) is 0 Å². The second kappa shape index (κ2) is 8.76. The largest absolute Gasteiger partial charge is 0.493 e. The van der Waals surface area contributed by atoms with Crippen LogP contribution in [0.3, 0.4) is 0 Å². The molecule has 29 heavy (non-hydrogen) atoms. The number of nitrogens with two attached hydrogens (primary N) is 1. The zero-order valence-corrected chi connectivity index (χ0v) is 17.5. The van der Waals surface area contributed by atoms with Gasteiger partial charge in [-0.05, 0) is 42.2 Å². The van der Waals surface area contributed by atoms with Gasteiger partial charge in [-0.3, -0.25) is 0 Å². The molecule has 0 radical (unpaired) electrons. The van der Waals surface area contributed by atoms with Crippen molar-refractivity contribution in [3.05, 3.63) is 48.0 Å². The second-order valence-electron chi connectivity index (χ2n) is 6.07. The molecule has 0 saturated carbocycles. The molecule has 0 amide bonds. The molecule has 148 valence electrons. The number of rotatable bonds is 6. The fraction of sp³-hybridized carbons (Fsp3) is 0.182. The quantitative estimate of drug-likeness (QED) is 0.596. The molecule has 6 nitrogen and oxygen atoms in total. The van der Waals surface area contributed by atoms with Crippen LogP contribution < -0.4 is 19.9 Å². The van der Waals surface area contributed by atoms with E-state index in [1.807, 2.05) is 36.6 Å². The van der Waals surface area contributed by atoms with Gasteiger partial charge >= 0.3 is 0 Å². The Bertz CT molecular complexity index is 1050. The highest BCUT2D eigenvalue weighted by atomic mass is 32.2. The third-order valence-corrected chi connectivity index (χ3v) is 5.26. The standard InChI is InChI=1S/C22H21N3O3S/c1-26-19-9-14(10-20(27-2)21(19)28-3)18-11-16(17(12-23)22(24)25-18)13-5-7-15(29-4)8-6-13/h5-11H,1-4H3,(H2,24,25). The van der Waals surface area contributed by atoms with Crippen molar-refractivity contribution in [1.82, 2.24) is 4.98 Å². The van der Waals surface area contributed by atoms with Crippen LogP contribution in [0.1, 0.15) is 5.56 Å². The molecule has 0 aliphatic carbocycles. The van der Waals surface area contributed by atoms with Crippen molar-refractivity contribution in [3.63, 3.8) is 0 Å². The summed E-state index contributed by atoms with van der Waals surface area (Å²) >= 11 is 1.66. The Morgan fingerprint density at radius 2 is 1.55 bits per heavy atom. The summed E-state index contributed by atoms with van der Waals surface area (Å²) < 4.78 is 16.3. The van der Waals surface area contributed by atoms with Crippen LogP contribution in [-0.2, 0) is 0 Å². The molecule has 0 atom stereocenters. The number of pyridine rings is 1. The Balaban J connectivity index is 2.21. The number of thioether (sulfide) groups is 1. The third kappa shape index (κ3) is 3.93. The first-order valence-corrected chi connectivity index (χ1v) is 9.94. The molecular weight excluding hydrogens is 386 g/mol. The maximum Gasteiger partial charge on any atom is 0.203 e. The predicted molar refractivity (Wildman–Crippen MR) is 116 cm³/mol. The van der Waals surface area contributed by atoms with Gasteiger partial charge in [0.05, 0.1) is 27.0 Å². The number of nitriles is 1. The smallest absolute Gasteiger partial charge is 0.203 e. The van der Waals surface area contributed by atoms with Gasteiger partial charge in [-0.1, -0.05) is 12.1 Å². The van der Waals surface area contributed by atoms with Crippen LogP contribution in [0.2, 0.25) is 0 Å². The lowest BCUT2D eigenvalue weighted by Gasteiger charge is -2.15. The summed E-state index contributed by atoms with van der Waals surface area (Å²) in [5.41, 5.74) is 9.43. The fourth-order valence-electron chi connectivity index (χ4n) is 3.06. The summed E-state index contributed by atoms with van der Waals surface area (Å²) in [7, 11) is 4.66. The number of aromatic nitrogens is 1. The molecule has 0 bridgehead atoms. The van der Waals surface area contributed by atoms with E-state index < -0.39 is 0 Å². The molecule has 7 heteroatoms. The van der Waals surface area contributed by atoms with Crippen LogP contribution in [0.4, 0.5) is 5.82 Å². The summed E-state index contributed by atoms with van der Waals surface area (Å²) in [6, 6.07) is 15.6. The van der Waals surface area contributed by atoms with Gasteiger partial charge in [0.25, 0.3) is 0 Å². The average Bonchev–Trinajstić information content (AvgIpc) is 2.77. The highest BCUT2D eigenvalue weighted by molar-refractivity contribution is 7.98. The lowest BCUT2D eigenvalue weighted by atomic mass is 9.98. The van der Waals surface area contributed by atoms with Crippen molar-refractivity contribution in [2.75, 3.05) is 33.3 Å². The Morgan fingerprint density at radius 3 is 2.03 bits per heavy atom. The zero-order valence-electron chi connectivity index (χ0n) is 16.6. The number of hydrogen-bond acceptors (Lipinski definition) is 7. The summed E-state index contributed by atoms with van der Waals surface area (Å²) in [6.45, 7) is 0. The van der Waals surface area contributed by atoms with Crippen molar-refractivity contribution < 1.29 is 14.2 Å². The number of hydrogen-bond donors (Lipinski definition) is 1. The van der Waals surface area contributed by atoms with Crippen LogP contribution in [0.25, 0.3) is 22.4 Å². The molecule has 0 spiro atoms. The molecule has 0 unspecified atom stereocenters. The molecular formula is C22H21N3O3S. The van der Waals surface area contributed by atoms with E-state index >= 15 is 0 Å². The van der Waals surface area contributed by atoms with Crippen LogP contribution in [-0.4, -0.2) is 32.6 Å². The number of ether oxygens (including phenoxy) is 3. The molecule has 3 aromatic rings. The number of nitrogen functional groups attached to an aromatic ring is 1. The monoisotopic (exact) mass is 407 g/mol. The predicted octanol–water partition coefficient (Wildman–Crippen LogP) is 4.62. The van der Waals surface area contributed by atoms with Gasteiger partial charge in [-0.15, -0.1) is 11.8 Å². The number of methoxy groups -OCH3 is 3. The van der Waals surface area contributed by atoms with Crippen LogP contribution in [0.5, 0.6) is 17.2 Å². The van der Waals surface area contributed by atoms with Gasteiger partial charge in [0.2, 0.25) is 5.75 Å². The van der Waals surface area contributed by atoms with E-state index in [-0.39, 0.29) is 5.82 Å². The molecule has 0 fully saturated rings. The van der Waals surface area contributed by atoms with Gasteiger partial charge in [0.15, 0.2) is 11.5 Å². The minimum Gasteiger partial charge on any atom is -0.493 e. The first-order chi connectivity index (χ1) is 14.1. The number of benzene rings is 2. The molecule has 2 aromatic carbocycles. The zero-order chi connectivity index (χ0) is 21.0. The van der Waals surface area contributed by atoms with E-state index in [0.717, 1.165) is 21.6 Å². The van der Waals surface area contributed by atoms with E-state index in [9.17, 15) is 5.26 Å². The first-order valence-electron chi connectivity index (χ1n) is 8.71. The highest BCUT2D eigenvalue weighted by Crippen LogP contribution is 2.42. The third-order valence-electron chi connectivity index (χ3n) is 4.52. The molecule has 1 heterocycles. The Kier molecular flexibility index (Phi) is 6.15. The summed E-state index contributed by atoms with van der Waals surface area (Å²) in [6.07, 6.45) is 2.02. The van der Waals surface area contributed by atoms with Gasteiger partial charge < -0.3 is 19.9 Å². The van der Waals surface area contributed by atoms with Gasteiger partial charge in [-0.25, -0.2) is 4.98 Å². The van der Waals surface area contributed by atoms with E-state index in [1.54, 1.807) is 45.2 Å². The molecule has 0 saturated heterocycles. The highest BCUT2D eigenvalue weighted by Gasteiger charge is 2.18. The lowest BCUT2D eigenvalue weighted by Crippen LogP contribution is -2.01. The van der Waals surface area contributed by atoms with E-state index in [2.05, 4.69) is 11.1 Å². The van der Waals surface area contributed by atoms with Crippen LogP contribution >= 0.6 is 11.8 Å². The molecule has 0 aliphatic heterocycles. The van der Waals surface area contributed by atoms with Gasteiger partial charge in [0.1, 0.15) is 17.5 Å². The van der Waals surface area contributed by atoms with Crippen molar-refractivity contribution in [2.24, 2.45) is 0 Å². The summed E-state index contributed by atoms with van der Waals surface area (Å²) in [5.74, 6) is 1.69. The first kappa shape index (κ1) is 20.4. The second-order valence-corrected chi connectivity index (χ2v) is 6.95. The van der Waals surface area contributed by atoms with Crippen LogP contribution in [0, 0.1) is 11.3 Å². The fourth-order valence-corrected chi connectivity index (χ4v) is 3.47. The summed E-state index contributed by atoms with van der Waals surface area (Å²) in [4.78, 5) is 5.58. The Hall–Kier alpha value is -3.37. The maximum absolute atomic E-state index is 9.62. The average molecular weight is 407 g/mol. The maximum atomic E-state index is 9.62. The molecule has 3 rings (SSSR count). The van der Waals surface area contributed by atoms with Crippen molar-refractivity contribution in [1.29, 1.82) is 5.26 Å². The van der Waals surface area contributed by atoms with Gasteiger partial charge in [0, 0.05) is 16.0 Å². The minimum atomic E-state index is 0.169. The number of anilines is 1. The lowest BCUT2D eigenvalue weighted by molar-refractivity contribution is 0.324. The van der Waals surface area contributed by atoms with Crippen molar-refractivity contribution in [3.8, 4) is 45.7 Å². The summed E-state index contributed by atoms with van der Waals surface area (Å²) in [5, 5.41) is 9.62. The van der Waals surface area contributed by atoms with Crippen molar-refractivity contribution in [2.45, 2.75) is 4.90 Å². The van der Waals surface area contributed by atoms with Gasteiger partial charge in [-0.2, -0.15) is 5.26 Å². The Morgan fingerprint density at radius 1 is 0.931 bits per heavy atom. The normalized spacial score (nSPS) is 10.3. The van der Waals surface area contributed by atoms with E-state index in [0.29, 0.717) is 28.5 Å². The Labute approximate surface area is 174 Å². The number of nitrogens with zero attached hydrogens (tertiary/aromatic N) is 2. The molecule has 2 N–H and O–H groups in total. The van der Waals surface area contributed by atoms with E-state index in [4.69, 9.17) is 19.9 Å². The van der Waals surface area contributed by atoms with Crippen molar-refractivity contribution >= 4 is 17.6 Å². The minimum absolute atomic E-state index is 0.169. The van der Waals surface area contributed by atoms with Crippen LogP contribution in [0.15, 0.2) is 47.4 Å². The topological polar surface area (TPSA) is 90.4 Å². The SMILES string of the molecule is COc1cc(-c2cc(-c3ccc(SC)cc3)c(C#N)c(N)n2)cc(OC)c1OC. The molecule has 1 aromatic heterocycles.